The van der Waals surface area contributed by atoms with Gasteiger partial charge in [-0.3, -0.25) is 4.98 Å². The van der Waals surface area contributed by atoms with Crippen molar-refractivity contribution in [2.24, 2.45) is 0 Å². The summed E-state index contributed by atoms with van der Waals surface area (Å²) in [7, 11) is 0. The number of aromatic nitrogens is 1. The number of halogens is 1. The number of hydrogen-bond acceptors (Lipinski definition) is 3. The third kappa shape index (κ3) is 2.54. The van der Waals surface area contributed by atoms with Gasteiger partial charge in [0.05, 0.1) is 11.1 Å². The Morgan fingerprint density at radius 3 is 2.81 bits per heavy atom. The highest BCUT2D eigenvalue weighted by Gasteiger charge is 2.09. The molecule has 0 fully saturated rings. The first kappa shape index (κ1) is 13.1. The third-order valence-corrected chi connectivity index (χ3v) is 3.19. The molecule has 3 nitrogen and oxygen atoms in total. The molecule has 0 amide bonds. The molecule has 102 valence electrons. The summed E-state index contributed by atoms with van der Waals surface area (Å²) in [6.07, 6.45) is 1.71. The van der Waals surface area contributed by atoms with Gasteiger partial charge in [0.15, 0.2) is 0 Å². The molecule has 1 heterocycles. The summed E-state index contributed by atoms with van der Waals surface area (Å²) in [6, 6.07) is 15.8. The highest BCUT2D eigenvalue weighted by molar-refractivity contribution is 5.84. The summed E-state index contributed by atoms with van der Waals surface area (Å²) in [4.78, 5) is 4.24. The number of ether oxygens (including phenoxy) is 1. The lowest BCUT2D eigenvalue weighted by Crippen LogP contribution is -2.00. The van der Waals surface area contributed by atoms with Gasteiger partial charge in [0, 0.05) is 17.1 Å². The quantitative estimate of drug-likeness (QED) is 0.731. The zero-order valence-corrected chi connectivity index (χ0v) is 11.1. The van der Waals surface area contributed by atoms with Crippen LogP contribution in [0.15, 0.2) is 54.7 Å². The summed E-state index contributed by atoms with van der Waals surface area (Å²) >= 11 is 0. The first-order valence-corrected chi connectivity index (χ1v) is 6.43. The molecule has 0 N–H and O–H groups in total. The lowest BCUT2D eigenvalue weighted by molar-refractivity contribution is 0.303. The predicted molar refractivity (Wildman–Crippen MR) is 77.2 cm³/mol. The van der Waals surface area contributed by atoms with Gasteiger partial charge in [0.25, 0.3) is 0 Å². The predicted octanol–water partition coefficient (Wildman–Crippen LogP) is 3.82. The number of nitriles is 1. The standard InChI is InChI=1S/C17H11FN2O/c18-17-12(10-19)4-1-5-13(17)11-21-16-8-2-7-15-14(16)6-3-9-20-15/h1-9H,11H2. The maximum atomic E-state index is 14.0. The van der Waals surface area contributed by atoms with Gasteiger partial charge >= 0.3 is 0 Å². The van der Waals surface area contributed by atoms with Crippen molar-refractivity contribution in [2.75, 3.05) is 0 Å². The average Bonchev–Trinajstić information content (AvgIpc) is 2.54. The molecule has 0 saturated carbocycles. The molecule has 0 aliphatic carbocycles. The first-order chi connectivity index (χ1) is 10.3. The largest absolute Gasteiger partial charge is 0.488 e. The summed E-state index contributed by atoms with van der Waals surface area (Å²) in [5.74, 6) is 0.112. The molecule has 0 atom stereocenters. The van der Waals surface area contributed by atoms with Gasteiger partial charge < -0.3 is 4.74 Å². The Hall–Kier alpha value is -2.93. The van der Waals surface area contributed by atoms with Crippen molar-refractivity contribution >= 4 is 10.9 Å². The Balaban J connectivity index is 1.89. The van der Waals surface area contributed by atoms with Crippen molar-refractivity contribution in [1.29, 1.82) is 5.26 Å². The van der Waals surface area contributed by atoms with Crippen molar-refractivity contribution in [2.45, 2.75) is 6.61 Å². The van der Waals surface area contributed by atoms with Crippen LogP contribution in [0.1, 0.15) is 11.1 Å². The lowest BCUT2D eigenvalue weighted by Gasteiger charge is -2.10. The second-order valence-corrected chi connectivity index (χ2v) is 4.51. The van der Waals surface area contributed by atoms with Crippen LogP contribution in [0.4, 0.5) is 4.39 Å². The average molecular weight is 278 g/mol. The van der Waals surface area contributed by atoms with Gasteiger partial charge in [0.1, 0.15) is 24.2 Å². The lowest BCUT2D eigenvalue weighted by atomic mass is 10.1. The third-order valence-electron chi connectivity index (χ3n) is 3.19. The Kier molecular flexibility index (Phi) is 3.48. The summed E-state index contributed by atoms with van der Waals surface area (Å²) in [5, 5.41) is 9.70. The van der Waals surface area contributed by atoms with Crippen molar-refractivity contribution in [1.82, 2.24) is 4.98 Å². The van der Waals surface area contributed by atoms with E-state index in [4.69, 9.17) is 10.00 Å². The van der Waals surface area contributed by atoms with Crippen molar-refractivity contribution < 1.29 is 9.13 Å². The van der Waals surface area contributed by atoms with Gasteiger partial charge in [-0.1, -0.05) is 18.2 Å². The van der Waals surface area contributed by atoms with Crippen molar-refractivity contribution in [3.63, 3.8) is 0 Å². The zero-order valence-electron chi connectivity index (χ0n) is 11.1. The number of fused-ring (bicyclic) bond motifs is 1. The van der Waals surface area contributed by atoms with Crippen LogP contribution in [-0.2, 0) is 6.61 Å². The highest BCUT2D eigenvalue weighted by atomic mass is 19.1. The van der Waals surface area contributed by atoms with Crippen molar-refractivity contribution in [3.05, 3.63) is 71.7 Å². The van der Waals surface area contributed by atoms with E-state index in [0.29, 0.717) is 11.3 Å². The van der Waals surface area contributed by atoms with Gasteiger partial charge in [-0.25, -0.2) is 4.39 Å². The van der Waals surface area contributed by atoms with Gasteiger partial charge in [-0.2, -0.15) is 5.26 Å². The van der Waals surface area contributed by atoms with Crippen LogP contribution in [-0.4, -0.2) is 4.98 Å². The fourth-order valence-corrected chi connectivity index (χ4v) is 2.13. The molecule has 0 unspecified atom stereocenters. The molecule has 3 aromatic rings. The minimum Gasteiger partial charge on any atom is -0.488 e. The van der Waals surface area contributed by atoms with E-state index in [1.165, 1.54) is 6.07 Å². The molecule has 1 aromatic heterocycles. The minimum atomic E-state index is -0.529. The van der Waals surface area contributed by atoms with Crippen LogP contribution in [0.25, 0.3) is 10.9 Å². The van der Waals surface area contributed by atoms with Gasteiger partial charge in [-0.05, 0) is 30.3 Å². The van der Waals surface area contributed by atoms with Crippen LogP contribution >= 0.6 is 0 Å². The Labute approximate surface area is 121 Å². The number of hydrogen-bond donors (Lipinski definition) is 0. The van der Waals surface area contributed by atoms with E-state index < -0.39 is 5.82 Å². The summed E-state index contributed by atoms with van der Waals surface area (Å²) < 4.78 is 19.7. The Morgan fingerprint density at radius 2 is 1.95 bits per heavy atom. The van der Waals surface area contributed by atoms with Crippen LogP contribution in [0.2, 0.25) is 0 Å². The molecule has 0 spiro atoms. The molecule has 0 radical (unpaired) electrons. The Bertz CT molecular complexity index is 834. The number of pyridine rings is 1. The molecule has 21 heavy (non-hydrogen) atoms. The first-order valence-electron chi connectivity index (χ1n) is 6.43. The number of rotatable bonds is 3. The van der Waals surface area contributed by atoms with Crippen LogP contribution in [0, 0.1) is 17.1 Å². The summed E-state index contributed by atoms with van der Waals surface area (Å²) in [5.41, 5.74) is 1.20. The van der Waals surface area contributed by atoms with E-state index in [0.717, 1.165) is 10.9 Å². The molecule has 0 aliphatic rings. The maximum Gasteiger partial charge on any atom is 0.147 e. The van der Waals surface area contributed by atoms with Gasteiger partial charge in [-0.15, -0.1) is 0 Å². The highest BCUT2D eigenvalue weighted by Crippen LogP contribution is 2.25. The molecular formula is C17H11FN2O. The molecule has 4 heteroatoms. The smallest absolute Gasteiger partial charge is 0.147 e. The monoisotopic (exact) mass is 278 g/mol. The van der Waals surface area contributed by atoms with E-state index >= 15 is 0 Å². The summed E-state index contributed by atoms with van der Waals surface area (Å²) in [6.45, 7) is 0.0648. The fraction of sp³-hybridized carbons (Fsp3) is 0.0588. The van der Waals surface area contributed by atoms with Crippen LogP contribution < -0.4 is 4.74 Å². The Morgan fingerprint density at radius 1 is 1.10 bits per heavy atom. The molecular weight excluding hydrogens is 267 g/mol. The van der Waals surface area contributed by atoms with E-state index in [1.807, 2.05) is 36.4 Å². The molecule has 3 rings (SSSR count). The van der Waals surface area contributed by atoms with Crippen LogP contribution in [0.5, 0.6) is 5.75 Å². The SMILES string of the molecule is N#Cc1cccc(COc2cccc3ncccc23)c1F. The number of nitrogens with zero attached hydrogens (tertiary/aromatic N) is 2. The molecule has 0 bridgehead atoms. The van der Waals surface area contributed by atoms with Gasteiger partial charge in [0.2, 0.25) is 0 Å². The van der Waals surface area contributed by atoms with E-state index in [9.17, 15) is 4.39 Å². The molecule has 0 saturated heterocycles. The fourth-order valence-electron chi connectivity index (χ4n) is 2.13. The second-order valence-electron chi connectivity index (χ2n) is 4.51. The topological polar surface area (TPSA) is 45.9 Å². The number of benzene rings is 2. The molecule has 0 aliphatic heterocycles. The molecule has 2 aromatic carbocycles. The van der Waals surface area contributed by atoms with E-state index in [1.54, 1.807) is 18.3 Å². The van der Waals surface area contributed by atoms with Crippen LogP contribution in [0.3, 0.4) is 0 Å². The second kappa shape index (κ2) is 5.59. The van der Waals surface area contributed by atoms with E-state index in [2.05, 4.69) is 4.98 Å². The maximum absolute atomic E-state index is 14.0. The van der Waals surface area contributed by atoms with Crippen molar-refractivity contribution in [3.8, 4) is 11.8 Å². The normalized spacial score (nSPS) is 10.3. The zero-order chi connectivity index (χ0) is 14.7. The minimum absolute atomic E-state index is 0.0238. The van der Waals surface area contributed by atoms with E-state index in [-0.39, 0.29) is 12.2 Å².